The molecule has 1 aliphatic rings. The first-order valence-electron chi connectivity index (χ1n) is 9.50. The van der Waals surface area contributed by atoms with Crippen LogP contribution in [0.4, 0.5) is 16.2 Å². The predicted octanol–water partition coefficient (Wildman–Crippen LogP) is 3.57. The third-order valence-electron chi connectivity index (χ3n) is 4.77. The molecule has 1 saturated heterocycles. The van der Waals surface area contributed by atoms with Gasteiger partial charge in [0.2, 0.25) is 0 Å². The van der Waals surface area contributed by atoms with E-state index in [1.54, 1.807) is 48.2 Å². The molecule has 2 amide bonds. The fraction of sp³-hybridized carbons (Fsp3) is 0.286. The normalized spacial score (nSPS) is 13.7. The minimum Gasteiger partial charge on any atom is -0.478 e. The van der Waals surface area contributed by atoms with E-state index in [2.05, 4.69) is 5.32 Å². The van der Waals surface area contributed by atoms with Crippen molar-refractivity contribution in [3.8, 4) is 0 Å². The molecule has 1 heterocycles. The van der Waals surface area contributed by atoms with E-state index in [1.165, 1.54) is 6.07 Å². The molecule has 0 saturated carbocycles. The van der Waals surface area contributed by atoms with E-state index in [0.717, 1.165) is 0 Å². The van der Waals surface area contributed by atoms with E-state index < -0.39 is 11.9 Å². The molecule has 2 aromatic rings. The molecule has 0 unspecified atom stereocenters. The fourth-order valence-corrected chi connectivity index (χ4v) is 3.43. The number of rotatable bonds is 5. The fourth-order valence-electron chi connectivity index (χ4n) is 3.21. The van der Waals surface area contributed by atoms with E-state index in [1.807, 2.05) is 4.90 Å². The van der Waals surface area contributed by atoms with Gasteiger partial charge in [-0.25, -0.2) is 9.59 Å². The lowest BCUT2D eigenvalue weighted by Crippen LogP contribution is -2.49. The number of nitrogens with zero attached hydrogens (tertiary/aromatic N) is 2. The number of amides is 2. The number of halogens is 1. The molecule has 2 N–H and O–H groups in total. The van der Waals surface area contributed by atoms with Crippen molar-refractivity contribution in [2.75, 3.05) is 43.0 Å². The summed E-state index contributed by atoms with van der Waals surface area (Å²) in [6.45, 7) is 4.13. The first kappa shape index (κ1) is 21.4. The zero-order valence-corrected chi connectivity index (χ0v) is 17.2. The van der Waals surface area contributed by atoms with E-state index in [0.29, 0.717) is 38.5 Å². The van der Waals surface area contributed by atoms with Crippen LogP contribution in [0.1, 0.15) is 27.6 Å². The molecular formula is C21H22ClN3O5. The highest BCUT2D eigenvalue weighted by atomic mass is 35.5. The predicted molar refractivity (Wildman–Crippen MR) is 114 cm³/mol. The molecule has 0 aromatic heterocycles. The summed E-state index contributed by atoms with van der Waals surface area (Å²) < 4.78 is 5.01. The van der Waals surface area contributed by atoms with Crippen molar-refractivity contribution >= 4 is 40.9 Å². The second kappa shape index (κ2) is 9.49. The zero-order chi connectivity index (χ0) is 21.7. The number of benzene rings is 2. The van der Waals surface area contributed by atoms with Gasteiger partial charge in [-0.2, -0.15) is 0 Å². The average Bonchev–Trinajstić information content (AvgIpc) is 2.74. The smallest absolute Gasteiger partial charge is 0.409 e. The van der Waals surface area contributed by atoms with E-state index >= 15 is 0 Å². The van der Waals surface area contributed by atoms with Crippen LogP contribution >= 0.6 is 11.6 Å². The molecular weight excluding hydrogens is 410 g/mol. The summed E-state index contributed by atoms with van der Waals surface area (Å²) in [7, 11) is 0. The number of carbonyl (C=O) groups excluding carboxylic acids is 2. The lowest BCUT2D eigenvalue weighted by atomic mass is 10.1. The Hall–Kier alpha value is -3.26. The number of hydrogen-bond donors (Lipinski definition) is 2. The van der Waals surface area contributed by atoms with Gasteiger partial charge in [0, 0.05) is 31.9 Å². The summed E-state index contributed by atoms with van der Waals surface area (Å²) in [4.78, 5) is 39.7. The van der Waals surface area contributed by atoms with Gasteiger partial charge in [0.15, 0.2) is 0 Å². The number of ether oxygens (including phenoxy) is 1. The molecule has 8 nitrogen and oxygen atoms in total. The SMILES string of the molecule is CCOC(=O)N1CCN(c2ccc(NC(=O)c3ccccc3Cl)c(C(=O)O)c2)CC1. The molecule has 0 atom stereocenters. The molecule has 0 bridgehead atoms. The molecule has 30 heavy (non-hydrogen) atoms. The quantitative estimate of drug-likeness (QED) is 0.750. The molecule has 158 valence electrons. The van der Waals surface area contributed by atoms with Gasteiger partial charge in [-0.05, 0) is 37.3 Å². The molecule has 1 fully saturated rings. The summed E-state index contributed by atoms with van der Waals surface area (Å²) in [5.74, 6) is -1.64. The van der Waals surface area contributed by atoms with Gasteiger partial charge in [0.25, 0.3) is 5.91 Å². The molecule has 0 spiro atoms. The van der Waals surface area contributed by atoms with E-state index in [-0.39, 0.29) is 27.9 Å². The van der Waals surface area contributed by atoms with Gasteiger partial charge in [-0.15, -0.1) is 0 Å². The molecule has 0 radical (unpaired) electrons. The average molecular weight is 432 g/mol. The Balaban J connectivity index is 1.75. The number of carboxylic acids is 1. The Morgan fingerprint density at radius 3 is 2.40 bits per heavy atom. The van der Waals surface area contributed by atoms with Crippen molar-refractivity contribution in [3.63, 3.8) is 0 Å². The lowest BCUT2D eigenvalue weighted by molar-refractivity contribution is 0.0698. The Kier molecular flexibility index (Phi) is 6.79. The first-order chi connectivity index (χ1) is 14.4. The summed E-state index contributed by atoms with van der Waals surface area (Å²) >= 11 is 6.05. The van der Waals surface area contributed by atoms with Crippen molar-refractivity contribution in [1.29, 1.82) is 0 Å². The van der Waals surface area contributed by atoms with Gasteiger partial charge in [-0.1, -0.05) is 23.7 Å². The van der Waals surface area contributed by atoms with Gasteiger partial charge in [-0.3, -0.25) is 4.79 Å². The lowest BCUT2D eigenvalue weighted by Gasteiger charge is -2.35. The van der Waals surface area contributed by atoms with Crippen molar-refractivity contribution in [3.05, 3.63) is 58.6 Å². The van der Waals surface area contributed by atoms with Crippen LogP contribution < -0.4 is 10.2 Å². The molecule has 2 aromatic carbocycles. The van der Waals surface area contributed by atoms with E-state index in [4.69, 9.17) is 16.3 Å². The van der Waals surface area contributed by atoms with E-state index in [9.17, 15) is 19.5 Å². The minimum absolute atomic E-state index is 0.0271. The topological polar surface area (TPSA) is 99.2 Å². The highest BCUT2D eigenvalue weighted by Gasteiger charge is 2.23. The third kappa shape index (κ3) is 4.83. The monoisotopic (exact) mass is 431 g/mol. The highest BCUT2D eigenvalue weighted by molar-refractivity contribution is 6.34. The van der Waals surface area contributed by atoms with Gasteiger partial charge in [0.1, 0.15) is 0 Å². The van der Waals surface area contributed by atoms with Crippen LogP contribution in [0.3, 0.4) is 0 Å². The third-order valence-corrected chi connectivity index (χ3v) is 5.10. The minimum atomic E-state index is -1.16. The van der Waals surface area contributed by atoms with Crippen molar-refractivity contribution in [1.82, 2.24) is 4.90 Å². The maximum absolute atomic E-state index is 12.5. The molecule has 9 heteroatoms. The van der Waals surface area contributed by atoms with Crippen LogP contribution in [-0.2, 0) is 4.74 Å². The van der Waals surface area contributed by atoms with Gasteiger partial charge < -0.3 is 25.0 Å². The molecule has 3 rings (SSSR count). The Labute approximate surface area is 179 Å². The summed E-state index contributed by atoms with van der Waals surface area (Å²) in [5, 5.41) is 12.5. The molecule has 1 aliphatic heterocycles. The number of nitrogens with one attached hydrogen (secondary N) is 1. The van der Waals surface area contributed by atoms with Crippen LogP contribution in [0, 0.1) is 0 Å². The number of aromatic carboxylic acids is 1. The number of carboxylic acid groups (broad SMARTS) is 1. The second-order valence-electron chi connectivity index (χ2n) is 6.64. The maximum Gasteiger partial charge on any atom is 0.409 e. The Morgan fingerprint density at radius 2 is 1.77 bits per heavy atom. The number of carbonyl (C=O) groups is 3. The van der Waals surface area contributed by atoms with Gasteiger partial charge >= 0.3 is 12.1 Å². The zero-order valence-electron chi connectivity index (χ0n) is 16.4. The molecule has 0 aliphatic carbocycles. The standard InChI is InChI=1S/C21H22ClN3O5/c1-2-30-21(29)25-11-9-24(10-12-25)14-7-8-18(16(13-14)20(27)28)23-19(26)15-5-3-4-6-17(15)22/h3-8,13H,2,9-12H2,1H3,(H,23,26)(H,27,28). The van der Waals surface area contributed by atoms with Crippen molar-refractivity contribution in [2.45, 2.75) is 6.92 Å². The second-order valence-corrected chi connectivity index (χ2v) is 7.05. The van der Waals surface area contributed by atoms with Crippen LogP contribution in [-0.4, -0.2) is 60.8 Å². The highest BCUT2D eigenvalue weighted by Crippen LogP contribution is 2.26. The maximum atomic E-state index is 12.5. The number of piperazine rings is 1. The van der Waals surface area contributed by atoms with Crippen molar-refractivity contribution in [2.24, 2.45) is 0 Å². The number of hydrogen-bond acceptors (Lipinski definition) is 5. The largest absolute Gasteiger partial charge is 0.478 e. The summed E-state index contributed by atoms with van der Waals surface area (Å²) in [5.41, 5.74) is 1.11. The van der Waals surface area contributed by atoms with Crippen molar-refractivity contribution < 1.29 is 24.2 Å². The van der Waals surface area contributed by atoms with Crippen LogP contribution in [0.25, 0.3) is 0 Å². The first-order valence-corrected chi connectivity index (χ1v) is 9.88. The summed E-state index contributed by atoms with van der Waals surface area (Å²) in [6, 6.07) is 11.4. The van der Waals surface area contributed by atoms with Crippen LogP contribution in [0.5, 0.6) is 0 Å². The number of anilines is 2. The van der Waals surface area contributed by atoms with Crippen LogP contribution in [0.15, 0.2) is 42.5 Å². The summed E-state index contributed by atoms with van der Waals surface area (Å²) in [6.07, 6.45) is -0.346. The van der Waals surface area contributed by atoms with Gasteiger partial charge in [0.05, 0.1) is 28.4 Å². The Morgan fingerprint density at radius 1 is 1.07 bits per heavy atom. The Bertz CT molecular complexity index is 957. The van der Waals surface area contributed by atoms with Crippen LogP contribution in [0.2, 0.25) is 5.02 Å².